The van der Waals surface area contributed by atoms with Crippen molar-refractivity contribution in [3.05, 3.63) is 34.9 Å². The zero-order valence-electron chi connectivity index (χ0n) is 11.7. The van der Waals surface area contributed by atoms with Crippen LogP contribution in [0.5, 0.6) is 0 Å². The molecule has 1 aliphatic rings. The fourth-order valence-corrected chi connectivity index (χ4v) is 2.62. The van der Waals surface area contributed by atoms with Crippen molar-refractivity contribution < 1.29 is 22.7 Å². The predicted octanol–water partition coefficient (Wildman–Crippen LogP) is 1.85. The molecule has 1 aliphatic heterocycles. The van der Waals surface area contributed by atoms with Crippen LogP contribution in [0.1, 0.15) is 17.2 Å². The lowest BCUT2D eigenvalue weighted by Gasteiger charge is -2.39. The monoisotopic (exact) mass is 306 g/mol. The zero-order chi connectivity index (χ0) is 15.6. The molecule has 7 heteroatoms. The van der Waals surface area contributed by atoms with Crippen molar-refractivity contribution in [2.24, 2.45) is 0 Å². The summed E-state index contributed by atoms with van der Waals surface area (Å²) in [6.45, 7) is 1.29. The Morgan fingerprint density at radius 3 is 2.48 bits per heavy atom. The van der Waals surface area contributed by atoms with Crippen LogP contribution in [0.4, 0.5) is 17.6 Å². The molecular formula is C14H18F4N2O. The van der Waals surface area contributed by atoms with E-state index in [0.29, 0.717) is 13.1 Å². The SMILES string of the molecule is Cc1ccc(F)c([C@H](N2CCNCC2)C(F)(F)CO)c1F. The van der Waals surface area contributed by atoms with Gasteiger partial charge in [0.25, 0.3) is 5.92 Å². The predicted molar refractivity (Wildman–Crippen MR) is 70.3 cm³/mol. The standard InChI is InChI=1S/C14H18F4N2O/c1-9-2-3-10(15)11(12(9)16)13(14(17,18)8-21)20-6-4-19-5-7-20/h2-3,13,19,21H,4-8H2,1H3/t13-/m0/s1. The van der Waals surface area contributed by atoms with Crippen LogP contribution in [0.2, 0.25) is 0 Å². The topological polar surface area (TPSA) is 35.5 Å². The lowest BCUT2D eigenvalue weighted by atomic mass is 9.95. The Balaban J connectivity index is 2.52. The van der Waals surface area contributed by atoms with E-state index in [1.165, 1.54) is 17.9 Å². The Kier molecular flexibility index (Phi) is 4.85. The van der Waals surface area contributed by atoms with Gasteiger partial charge in [-0.3, -0.25) is 4.90 Å². The number of halogens is 4. The van der Waals surface area contributed by atoms with Gasteiger partial charge in [-0.05, 0) is 18.6 Å². The van der Waals surface area contributed by atoms with Crippen molar-refractivity contribution >= 4 is 0 Å². The minimum absolute atomic E-state index is 0.0975. The molecule has 2 N–H and O–H groups in total. The number of nitrogens with one attached hydrogen (secondary N) is 1. The fraction of sp³-hybridized carbons (Fsp3) is 0.571. The third-order valence-electron chi connectivity index (χ3n) is 3.72. The Hall–Kier alpha value is -1.18. The summed E-state index contributed by atoms with van der Waals surface area (Å²) in [6, 6.07) is 0.376. The smallest absolute Gasteiger partial charge is 0.290 e. The Morgan fingerprint density at radius 1 is 1.29 bits per heavy atom. The maximum Gasteiger partial charge on any atom is 0.290 e. The molecule has 0 radical (unpaired) electrons. The Labute approximate surface area is 120 Å². The van der Waals surface area contributed by atoms with Gasteiger partial charge in [0.15, 0.2) is 0 Å². The number of aliphatic hydroxyl groups excluding tert-OH is 1. The van der Waals surface area contributed by atoms with Crippen molar-refractivity contribution in [3.8, 4) is 0 Å². The van der Waals surface area contributed by atoms with Gasteiger partial charge in [-0.1, -0.05) is 6.07 Å². The first kappa shape index (κ1) is 16.2. The third kappa shape index (κ3) is 3.20. The van der Waals surface area contributed by atoms with Crippen LogP contribution in [0.25, 0.3) is 0 Å². The molecule has 0 unspecified atom stereocenters. The van der Waals surface area contributed by atoms with Crippen LogP contribution in [0, 0.1) is 18.6 Å². The van der Waals surface area contributed by atoms with E-state index in [4.69, 9.17) is 5.11 Å². The van der Waals surface area contributed by atoms with Crippen molar-refractivity contribution in [1.82, 2.24) is 10.2 Å². The van der Waals surface area contributed by atoms with E-state index in [1.807, 2.05) is 0 Å². The second kappa shape index (κ2) is 6.29. The molecule has 118 valence electrons. The first-order valence-corrected chi connectivity index (χ1v) is 6.76. The molecule has 0 aromatic heterocycles. The molecule has 2 rings (SSSR count). The molecule has 1 fully saturated rings. The molecule has 3 nitrogen and oxygen atoms in total. The van der Waals surface area contributed by atoms with Crippen molar-refractivity contribution in [2.75, 3.05) is 32.8 Å². The second-order valence-corrected chi connectivity index (χ2v) is 5.20. The number of aryl methyl sites for hydroxylation is 1. The molecule has 0 bridgehead atoms. The quantitative estimate of drug-likeness (QED) is 0.833. The van der Waals surface area contributed by atoms with Gasteiger partial charge < -0.3 is 10.4 Å². The van der Waals surface area contributed by atoms with E-state index in [-0.39, 0.29) is 18.7 Å². The molecule has 1 aromatic rings. The molecule has 0 spiro atoms. The number of hydrogen-bond acceptors (Lipinski definition) is 3. The van der Waals surface area contributed by atoms with Gasteiger partial charge in [-0.25, -0.2) is 17.6 Å². The van der Waals surface area contributed by atoms with Crippen molar-refractivity contribution in [2.45, 2.75) is 18.9 Å². The number of nitrogens with zero attached hydrogens (tertiary/aromatic N) is 1. The molecule has 1 heterocycles. The normalized spacial score (nSPS) is 18.8. The molecule has 0 saturated carbocycles. The number of aliphatic hydroxyl groups is 1. The largest absolute Gasteiger partial charge is 0.390 e. The summed E-state index contributed by atoms with van der Waals surface area (Å²) >= 11 is 0. The minimum Gasteiger partial charge on any atom is -0.390 e. The van der Waals surface area contributed by atoms with Crippen LogP contribution in [-0.4, -0.2) is 48.7 Å². The average molecular weight is 306 g/mol. The highest BCUT2D eigenvalue weighted by molar-refractivity contribution is 5.31. The first-order chi connectivity index (χ1) is 9.88. The second-order valence-electron chi connectivity index (χ2n) is 5.20. The summed E-state index contributed by atoms with van der Waals surface area (Å²) in [5.41, 5.74) is -0.573. The molecule has 0 aliphatic carbocycles. The highest BCUT2D eigenvalue weighted by Gasteiger charge is 2.46. The van der Waals surface area contributed by atoms with E-state index in [9.17, 15) is 17.6 Å². The first-order valence-electron chi connectivity index (χ1n) is 6.76. The molecule has 1 saturated heterocycles. The summed E-state index contributed by atoms with van der Waals surface area (Å²) in [5, 5.41) is 12.0. The van der Waals surface area contributed by atoms with Gasteiger partial charge in [-0.15, -0.1) is 0 Å². The van der Waals surface area contributed by atoms with E-state index in [1.54, 1.807) is 0 Å². The molecule has 1 aromatic carbocycles. The highest BCUT2D eigenvalue weighted by atomic mass is 19.3. The van der Waals surface area contributed by atoms with Crippen molar-refractivity contribution in [1.29, 1.82) is 0 Å². The summed E-state index contributed by atoms with van der Waals surface area (Å²) in [5.74, 6) is -5.63. The number of alkyl halides is 2. The molecule has 0 amide bonds. The summed E-state index contributed by atoms with van der Waals surface area (Å²) in [6.07, 6.45) is 0. The van der Waals surface area contributed by atoms with Gasteiger partial charge in [0, 0.05) is 31.7 Å². The van der Waals surface area contributed by atoms with Crippen LogP contribution >= 0.6 is 0 Å². The number of rotatable bonds is 4. The Morgan fingerprint density at radius 2 is 1.90 bits per heavy atom. The molecule has 21 heavy (non-hydrogen) atoms. The summed E-state index contributed by atoms with van der Waals surface area (Å²) in [7, 11) is 0. The Bertz CT molecular complexity index is 504. The third-order valence-corrected chi connectivity index (χ3v) is 3.72. The van der Waals surface area contributed by atoms with Gasteiger partial charge in [0.2, 0.25) is 0 Å². The number of benzene rings is 1. The molecular weight excluding hydrogens is 288 g/mol. The van der Waals surface area contributed by atoms with E-state index in [2.05, 4.69) is 5.32 Å². The lowest BCUT2D eigenvalue weighted by molar-refractivity contribution is -0.120. The van der Waals surface area contributed by atoms with Gasteiger partial charge in [0.05, 0.1) is 0 Å². The van der Waals surface area contributed by atoms with Crippen LogP contribution in [-0.2, 0) is 0 Å². The van der Waals surface area contributed by atoms with Gasteiger partial charge >= 0.3 is 0 Å². The van der Waals surface area contributed by atoms with E-state index in [0.717, 1.165) is 6.07 Å². The van der Waals surface area contributed by atoms with Crippen LogP contribution in [0.3, 0.4) is 0 Å². The number of piperazine rings is 1. The van der Waals surface area contributed by atoms with E-state index < -0.39 is 35.8 Å². The van der Waals surface area contributed by atoms with Crippen LogP contribution in [0.15, 0.2) is 12.1 Å². The summed E-state index contributed by atoms with van der Waals surface area (Å²) in [4.78, 5) is 1.31. The molecule has 1 atom stereocenters. The number of hydrogen-bond donors (Lipinski definition) is 2. The minimum atomic E-state index is -3.63. The van der Waals surface area contributed by atoms with Gasteiger partial charge in [-0.2, -0.15) is 0 Å². The van der Waals surface area contributed by atoms with Crippen LogP contribution < -0.4 is 5.32 Å². The fourth-order valence-electron chi connectivity index (χ4n) is 2.62. The average Bonchev–Trinajstić information content (AvgIpc) is 2.48. The maximum absolute atomic E-state index is 14.2. The maximum atomic E-state index is 14.2. The van der Waals surface area contributed by atoms with Gasteiger partial charge in [0.1, 0.15) is 24.3 Å². The summed E-state index contributed by atoms with van der Waals surface area (Å²) < 4.78 is 56.5. The van der Waals surface area contributed by atoms with E-state index >= 15 is 0 Å². The zero-order valence-corrected chi connectivity index (χ0v) is 11.7. The lowest BCUT2D eigenvalue weighted by Crippen LogP contribution is -2.51. The van der Waals surface area contributed by atoms with Crippen molar-refractivity contribution in [3.63, 3.8) is 0 Å². The highest BCUT2D eigenvalue weighted by Crippen LogP contribution is 2.39.